The number of ether oxygens (including phenoxy) is 3. The molecule has 0 aromatic heterocycles. The first-order valence-corrected chi connectivity index (χ1v) is 8.96. The number of esters is 1. The molecule has 0 spiro atoms. The predicted octanol–water partition coefficient (Wildman–Crippen LogP) is 3.98. The van der Waals surface area contributed by atoms with Crippen LogP contribution in [-0.2, 0) is 9.53 Å². The van der Waals surface area contributed by atoms with E-state index in [9.17, 15) is 9.59 Å². The normalized spacial score (nSPS) is 10.2. The number of rotatable bonds is 9. The maximum Gasteiger partial charge on any atom is 0.338 e. The highest BCUT2D eigenvalue weighted by Gasteiger charge is 2.14. The molecule has 0 saturated heterocycles. The second kappa shape index (κ2) is 10.2. The van der Waals surface area contributed by atoms with Crippen molar-refractivity contribution < 1.29 is 23.8 Å². The average molecular weight is 371 g/mol. The Hall–Kier alpha value is -3.02. The van der Waals surface area contributed by atoms with E-state index in [-0.39, 0.29) is 6.61 Å². The van der Waals surface area contributed by atoms with Crippen molar-refractivity contribution in [2.24, 2.45) is 0 Å². The lowest BCUT2D eigenvalue weighted by atomic mass is 10.2. The van der Waals surface area contributed by atoms with Crippen LogP contribution in [0.3, 0.4) is 0 Å². The Bertz CT molecular complexity index is 771. The van der Waals surface area contributed by atoms with Crippen molar-refractivity contribution in [1.82, 2.24) is 0 Å². The van der Waals surface area contributed by atoms with E-state index in [1.165, 1.54) is 0 Å². The molecule has 2 aromatic rings. The van der Waals surface area contributed by atoms with Gasteiger partial charge in [0.2, 0.25) is 0 Å². The van der Waals surface area contributed by atoms with E-state index in [4.69, 9.17) is 14.2 Å². The van der Waals surface area contributed by atoms with Gasteiger partial charge in [-0.3, -0.25) is 4.79 Å². The van der Waals surface area contributed by atoms with Crippen molar-refractivity contribution in [1.29, 1.82) is 0 Å². The van der Waals surface area contributed by atoms with E-state index >= 15 is 0 Å². The summed E-state index contributed by atoms with van der Waals surface area (Å²) in [4.78, 5) is 24.2. The van der Waals surface area contributed by atoms with Crippen LogP contribution in [0.4, 0.5) is 5.69 Å². The molecule has 0 radical (unpaired) electrons. The number of aryl methyl sites for hydroxylation is 1. The van der Waals surface area contributed by atoms with Crippen molar-refractivity contribution in [3.05, 3.63) is 53.6 Å². The minimum atomic E-state index is -0.600. The summed E-state index contributed by atoms with van der Waals surface area (Å²) in [6, 6.07) is 12.2. The minimum Gasteiger partial charge on any atom is -0.490 e. The lowest BCUT2D eigenvalue weighted by Crippen LogP contribution is -2.21. The van der Waals surface area contributed by atoms with Gasteiger partial charge in [-0.25, -0.2) is 4.79 Å². The van der Waals surface area contributed by atoms with Gasteiger partial charge >= 0.3 is 5.97 Å². The van der Waals surface area contributed by atoms with Crippen LogP contribution >= 0.6 is 0 Å². The molecule has 0 unspecified atom stereocenters. The number of carbonyl (C=O) groups excluding carboxylic acids is 2. The van der Waals surface area contributed by atoms with Crippen LogP contribution in [-0.4, -0.2) is 31.7 Å². The predicted molar refractivity (Wildman–Crippen MR) is 103 cm³/mol. The molecule has 1 N–H and O–H groups in total. The van der Waals surface area contributed by atoms with E-state index in [1.54, 1.807) is 30.3 Å². The van der Waals surface area contributed by atoms with Crippen molar-refractivity contribution in [3.63, 3.8) is 0 Å². The third-order valence-corrected chi connectivity index (χ3v) is 3.61. The largest absolute Gasteiger partial charge is 0.490 e. The molecule has 2 aromatic carbocycles. The lowest BCUT2D eigenvalue weighted by Gasteiger charge is -2.13. The van der Waals surface area contributed by atoms with Gasteiger partial charge in [0, 0.05) is 5.69 Å². The minimum absolute atomic E-state index is 0.297. The number of anilines is 1. The molecule has 0 saturated carbocycles. The molecule has 6 heteroatoms. The van der Waals surface area contributed by atoms with Gasteiger partial charge < -0.3 is 19.5 Å². The zero-order valence-corrected chi connectivity index (χ0v) is 15.9. The quantitative estimate of drug-likeness (QED) is 0.675. The van der Waals surface area contributed by atoms with E-state index in [0.717, 1.165) is 12.0 Å². The number of hydrogen-bond donors (Lipinski definition) is 1. The van der Waals surface area contributed by atoms with Gasteiger partial charge in [-0.2, -0.15) is 0 Å². The third kappa shape index (κ3) is 6.33. The number of nitrogens with one attached hydrogen (secondary N) is 1. The highest BCUT2D eigenvalue weighted by atomic mass is 16.5. The fourth-order valence-electron chi connectivity index (χ4n) is 2.28. The Labute approximate surface area is 159 Å². The zero-order valence-electron chi connectivity index (χ0n) is 15.9. The van der Waals surface area contributed by atoms with Crippen LogP contribution in [0.1, 0.15) is 36.2 Å². The second-order valence-electron chi connectivity index (χ2n) is 5.93. The number of carbonyl (C=O) groups is 2. The molecule has 0 aliphatic rings. The van der Waals surface area contributed by atoms with Gasteiger partial charge in [0.25, 0.3) is 5.91 Å². The zero-order chi connectivity index (χ0) is 19.6. The molecule has 0 aliphatic carbocycles. The Morgan fingerprint density at radius 2 is 1.70 bits per heavy atom. The fraction of sp³-hybridized carbons (Fsp3) is 0.333. The molecule has 0 aliphatic heterocycles. The first kappa shape index (κ1) is 20.3. The number of amides is 1. The molecule has 0 fully saturated rings. The molecular weight excluding hydrogens is 346 g/mol. The third-order valence-electron chi connectivity index (χ3n) is 3.61. The maximum absolute atomic E-state index is 12.2. The summed E-state index contributed by atoms with van der Waals surface area (Å²) >= 11 is 0. The van der Waals surface area contributed by atoms with Gasteiger partial charge in [-0.1, -0.05) is 24.6 Å². The molecule has 6 nitrogen and oxygen atoms in total. The molecule has 144 valence electrons. The van der Waals surface area contributed by atoms with E-state index < -0.39 is 11.9 Å². The average Bonchev–Trinajstić information content (AvgIpc) is 2.67. The van der Waals surface area contributed by atoms with Crippen molar-refractivity contribution in [2.45, 2.75) is 27.2 Å². The van der Waals surface area contributed by atoms with Crippen molar-refractivity contribution in [2.75, 3.05) is 25.1 Å². The summed E-state index contributed by atoms with van der Waals surface area (Å²) in [6.07, 6.45) is 0.867. The summed E-state index contributed by atoms with van der Waals surface area (Å²) in [6.45, 7) is 6.45. The summed E-state index contributed by atoms with van der Waals surface area (Å²) in [5.74, 6) is 0.0501. The number of benzene rings is 2. The van der Waals surface area contributed by atoms with E-state index in [0.29, 0.717) is 36.0 Å². The topological polar surface area (TPSA) is 73.9 Å². The van der Waals surface area contributed by atoms with Crippen molar-refractivity contribution in [3.8, 4) is 11.5 Å². The molecule has 2 rings (SSSR count). The fourth-order valence-corrected chi connectivity index (χ4v) is 2.28. The molecule has 0 bridgehead atoms. The van der Waals surface area contributed by atoms with Crippen LogP contribution in [0.5, 0.6) is 11.5 Å². The standard InChI is InChI=1S/C21H25NO5/c1-4-12-26-18-11-8-16(13-19(18)25-5-2)21(24)27-14-20(23)22-17-9-6-15(3)7-10-17/h6-11,13H,4-5,12,14H2,1-3H3,(H,22,23). The van der Waals surface area contributed by atoms with Crippen LogP contribution in [0.2, 0.25) is 0 Å². The summed E-state index contributed by atoms with van der Waals surface area (Å²) in [7, 11) is 0. The Morgan fingerprint density at radius 1 is 0.963 bits per heavy atom. The van der Waals surface area contributed by atoms with E-state index in [2.05, 4.69) is 5.32 Å². The number of hydrogen-bond acceptors (Lipinski definition) is 5. The molecular formula is C21H25NO5. The second-order valence-corrected chi connectivity index (χ2v) is 5.93. The van der Waals surface area contributed by atoms with Crippen molar-refractivity contribution >= 4 is 17.6 Å². The van der Waals surface area contributed by atoms with Gasteiger partial charge in [-0.05, 0) is 50.6 Å². The first-order valence-electron chi connectivity index (χ1n) is 8.96. The summed E-state index contributed by atoms with van der Waals surface area (Å²) < 4.78 is 16.2. The Kier molecular flexibility index (Phi) is 7.67. The van der Waals surface area contributed by atoms with Crippen LogP contribution < -0.4 is 14.8 Å². The molecule has 0 atom stereocenters. The maximum atomic E-state index is 12.2. The lowest BCUT2D eigenvalue weighted by molar-refractivity contribution is -0.119. The van der Waals surface area contributed by atoms with Gasteiger partial charge in [-0.15, -0.1) is 0 Å². The highest BCUT2D eigenvalue weighted by Crippen LogP contribution is 2.29. The smallest absolute Gasteiger partial charge is 0.338 e. The van der Waals surface area contributed by atoms with Gasteiger partial charge in [0.1, 0.15) is 0 Å². The molecule has 27 heavy (non-hydrogen) atoms. The Balaban J connectivity index is 1.95. The molecule has 1 amide bonds. The van der Waals surface area contributed by atoms with Gasteiger partial charge in [0.15, 0.2) is 18.1 Å². The monoisotopic (exact) mass is 371 g/mol. The van der Waals surface area contributed by atoms with Crippen LogP contribution in [0, 0.1) is 6.92 Å². The Morgan fingerprint density at radius 3 is 2.37 bits per heavy atom. The SMILES string of the molecule is CCCOc1ccc(C(=O)OCC(=O)Nc2ccc(C)cc2)cc1OCC. The van der Waals surface area contributed by atoms with Crippen LogP contribution in [0.15, 0.2) is 42.5 Å². The highest BCUT2D eigenvalue weighted by molar-refractivity contribution is 5.95. The summed E-state index contributed by atoms with van der Waals surface area (Å²) in [5.41, 5.74) is 2.04. The summed E-state index contributed by atoms with van der Waals surface area (Å²) in [5, 5.41) is 2.68. The van der Waals surface area contributed by atoms with E-state index in [1.807, 2.05) is 32.9 Å². The van der Waals surface area contributed by atoms with Crippen LogP contribution in [0.25, 0.3) is 0 Å². The molecule has 0 heterocycles. The van der Waals surface area contributed by atoms with Gasteiger partial charge in [0.05, 0.1) is 18.8 Å². The first-order chi connectivity index (χ1) is 13.0.